The van der Waals surface area contributed by atoms with Gasteiger partial charge in [-0.1, -0.05) is 18.6 Å². The number of aromatic nitrogens is 1. The molecule has 0 amide bonds. The molecule has 2 heterocycles. The molecule has 2 N–H and O–H groups in total. The predicted molar refractivity (Wildman–Crippen MR) is 112 cm³/mol. The molecule has 1 saturated heterocycles. The lowest BCUT2D eigenvalue weighted by Crippen LogP contribution is -2.46. The number of unbranched alkanes of at least 4 members (excludes halogenated alkanes) is 2. The number of benzene rings is 1. The zero-order valence-corrected chi connectivity index (χ0v) is 17.0. The average Bonchev–Trinajstić information content (AvgIpc) is 3.00. The largest absolute Gasteiger partial charge is 0.494 e. The molecule has 1 fully saturated rings. The molecule has 0 spiro atoms. The van der Waals surface area contributed by atoms with E-state index in [1.807, 2.05) is 6.07 Å². The third kappa shape index (κ3) is 5.35. The molecule has 28 heavy (non-hydrogen) atoms. The fourth-order valence-corrected chi connectivity index (χ4v) is 3.74. The molecule has 0 bridgehead atoms. The molecule has 0 radical (unpaired) electrons. The van der Waals surface area contributed by atoms with Gasteiger partial charge in [0, 0.05) is 44.9 Å². The maximum absolute atomic E-state index is 9.66. The molecule has 1 aromatic carbocycles. The van der Waals surface area contributed by atoms with Crippen LogP contribution in [0.15, 0.2) is 36.4 Å². The average molecular weight is 388 g/mol. The summed E-state index contributed by atoms with van der Waals surface area (Å²) in [6.07, 6.45) is 3.35. The zero-order chi connectivity index (χ0) is 19.9. The number of rotatable bonds is 9. The summed E-state index contributed by atoms with van der Waals surface area (Å²) in [5.74, 6) is 1.24. The normalized spacial score (nSPS) is 15.3. The van der Waals surface area contributed by atoms with Gasteiger partial charge < -0.3 is 19.8 Å². The zero-order valence-electron chi connectivity index (χ0n) is 17.0. The van der Waals surface area contributed by atoms with Gasteiger partial charge in [0.05, 0.1) is 11.8 Å². The van der Waals surface area contributed by atoms with Crippen molar-refractivity contribution in [2.24, 2.45) is 0 Å². The lowest BCUT2D eigenvalue weighted by Gasteiger charge is -2.37. The predicted octanol–water partition coefficient (Wildman–Crippen LogP) is 3.68. The maximum Gasteiger partial charge on any atom is 0.193 e. The van der Waals surface area contributed by atoms with Crippen LogP contribution in [0.2, 0.25) is 0 Å². The Morgan fingerprint density at radius 2 is 1.50 bits per heavy atom. The van der Waals surface area contributed by atoms with E-state index in [4.69, 9.17) is 4.74 Å². The Morgan fingerprint density at radius 3 is 2.18 bits per heavy atom. The molecule has 0 saturated carbocycles. The second-order valence-corrected chi connectivity index (χ2v) is 7.73. The van der Waals surface area contributed by atoms with Gasteiger partial charge in [-0.05, 0) is 45.4 Å². The number of anilines is 1. The van der Waals surface area contributed by atoms with Gasteiger partial charge in [-0.15, -0.1) is 0 Å². The van der Waals surface area contributed by atoms with Crippen molar-refractivity contribution in [3.63, 3.8) is 0 Å². The minimum Gasteiger partial charge on any atom is -0.494 e. The van der Waals surface area contributed by atoms with Crippen molar-refractivity contribution in [2.45, 2.75) is 45.8 Å². The molecule has 6 nitrogen and oxygen atoms in total. The van der Waals surface area contributed by atoms with Gasteiger partial charge in [-0.25, -0.2) is 0 Å². The molecule has 3 rings (SSSR count). The van der Waals surface area contributed by atoms with Crippen molar-refractivity contribution >= 4 is 5.69 Å². The van der Waals surface area contributed by atoms with Crippen LogP contribution in [0.25, 0.3) is 0 Å². The van der Waals surface area contributed by atoms with E-state index < -0.39 is 0 Å². The molecule has 1 aliphatic rings. The summed E-state index contributed by atoms with van der Waals surface area (Å²) in [7, 11) is 0. The van der Waals surface area contributed by atoms with Crippen LogP contribution in [0.5, 0.6) is 17.5 Å². The topological polar surface area (TPSA) is 61.1 Å². The Bertz CT molecular complexity index is 717. The molecule has 1 aromatic heterocycles. The highest BCUT2D eigenvalue weighted by atomic mass is 16.5. The van der Waals surface area contributed by atoms with Crippen molar-refractivity contribution in [3.05, 3.63) is 36.4 Å². The lowest BCUT2D eigenvalue weighted by atomic mass is 10.2. The van der Waals surface area contributed by atoms with Gasteiger partial charge in [0.15, 0.2) is 11.8 Å². The molecule has 6 heteroatoms. The molecular formula is C22H33N3O3. The van der Waals surface area contributed by atoms with Crippen LogP contribution < -0.4 is 9.64 Å². The number of hydrogen-bond acceptors (Lipinski definition) is 5. The van der Waals surface area contributed by atoms with Crippen LogP contribution in [0, 0.1) is 0 Å². The smallest absolute Gasteiger partial charge is 0.193 e. The first-order chi connectivity index (χ1) is 13.5. The van der Waals surface area contributed by atoms with Gasteiger partial charge in [-0.3, -0.25) is 9.47 Å². The lowest BCUT2D eigenvalue weighted by molar-refractivity contribution is 0.236. The molecular weight excluding hydrogens is 354 g/mol. The van der Waals surface area contributed by atoms with Crippen LogP contribution in [0.4, 0.5) is 5.69 Å². The van der Waals surface area contributed by atoms with E-state index in [9.17, 15) is 10.2 Å². The first-order valence-corrected chi connectivity index (χ1v) is 10.3. The Labute approximate surface area is 168 Å². The van der Waals surface area contributed by atoms with Gasteiger partial charge in [-0.2, -0.15) is 0 Å². The van der Waals surface area contributed by atoms with Crippen LogP contribution in [-0.4, -0.2) is 58.5 Å². The summed E-state index contributed by atoms with van der Waals surface area (Å²) in [6.45, 7) is 10.0. The molecule has 154 valence electrons. The number of aromatic hydroxyl groups is 2. The van der Waals surface area contributed by atoms with Gasteiger partial charge in [0.25, 0.3) is 0 Å². The van der Waals surface area contributed by atoms with Crippen molar-refractivity contribution < 1.29 is 14.9 Å². The second-order valence-electron chi connectivity index (χ2n) is 7.73. The van der Waals surface area contributed by atoms with Crippen LogP contribution in [0.3, 0.4) is 0 Å². The van der Waals surface area contributed by atoms with Crippen molar-refractivity contribution in [3.8, 4) is 17.5 Å². The van der Waals surface area contributed by atoms with E-state index in [0.717, 1.165) is 57.7 Å². The van der Waals surface area contributed by atoms with E-state index in [-0.39, 0.29) is 17.9 Å². The summed E-state index contributed by atoms with van der Waals surface area (Å²) in [5, 5.41) is 19.3. The molecule has 2 aromatic rings. The van der Waals surface area contributed by atoms with Crippen LogP contribution >= 0.6 is 0 Å². The Morgan fingerprint density at radius 1 is 0.857 bits per heavy atom. The number of nitrogens with zero attached hydrogens (tertiary/aromatic N) is 3. The number of piperazine rings is 1. The van der Waals surface area contributed by atoms with E-state index in [1.54, 1.807) is 4.57 Å². The van der Waals surface area contributed by atoms with E-state index in [1.165, 1.54) is 17.8 Å². The highest BCUT2D eigenvalue weighted by Crippen LogP contribution is 2.29. The summed E-state index contributed by atoms with van der Waals surface area (Å²) in [5.41, 5.74) is 1.20. The summed E-state index contributed by atoms with van der Waals surface area (Å²) >= 11 is 0. The number of para-hydroxylation sites is 2. The van der Waals surface area contributed by atoms with E-state index in [2.05, 4.69) is 41.8 Å². The number of ether oxygens (including phenoxy) is 1. The van der Waals surface area contributed by atoms with Crippen LogP contribution in [0.1, 0.15) is 33.1 Å². The fraction of sp³-hybridized carbons (Fsp3) is 0.545. The fourth-order valence-electron chi connectivity index (χ4n) is 3.74. The first kappa shape index (κ1) is 20.4. The third-order valence-electron chi connectivity index (χ3n) is 5.23. The highest BCUT2D eigenvalue weighted by Gasteiger charge is 2.19. The second kappa shape index (κ2) is 9.73. The van der Waals surface area contributed by atoms with Crippen molar-refractivity contribution in [2.75, 3.05) is 37.6 Å². The minimum absolute atomic E-state index is 0.135. The van der Waals surface area contributed by atoms with Crippen molar-refractivity contribution in [1.82, 2.24) is 9.47 Å². The third-order valence-corrected chi connectivity index (χ3v) is 5.23. The summed E-state index contributed by atoms with van der Waals surface area (Å²) in [4.78, 5) is 4.94. The molecule has 1 aliphatic heterocycles. The molecule has 0 unspecified atom stereocenters. The Kier molecular flexibility index (Phi) is 7.09. The Balaban J connectivity index is 1.38. The SMILES string of the molecule is CC(C)Oc1ccccc1N1CCN(CCCCCn2c(O)ccc2O)CC1. The first-order valence-electron chi connectivity index (χ1n) is 10.3. The van der Waals surface area contributed by atoms with Gasteiger partial charge in [0.1, 0.15) is 5.75 Å². The monoisotopic (exact) mass is 387 g/mol. The standard InChI is InChI=1S/C22H33N3O3/c1-18(2)28-20-9-5-4-8-19(20)24-16-14-23(15-17-24)12-6-3-7-13-25-21(26)10-11-22(25)27/h4-5,8-11,18,26-27H,3,6-7,12-17H2,1-2H3. The molecule has 0 atom stereocenters. The van der Waals surface area contributed by atoms with Crippen molar-refractivity contribution in [1.29, 1.82) is 0 Å². The highest BCUT2D eigenvalue weighted by molar-refractivity contribution is 5.58. The minimum atomic E-state index is 0.135. The summed E-state index contributed by atoms with van der Waals surface area (Å²) in [6, 6.07) is 11.4. The number of hydrogen-bond donors (Lipinski definition) is 2. The quantitative estimate of drug-likeness (QED) is 0.643. The summed E-state index contributed by atoms with van der Waals surface area (Å²) < 4.78 is 7.52. The Hall–Kier alpha value is -2.34. The van der Waals surface area contributed by atoms with E-state index in [0.29, 0.717) is 6.54 Å². The van der Waals surface area contributed by atoms with E-state index >= 15 is 0 Å². The molecule has 0 aliphatic carbocycles. The van der Waals surface area contributed by atoms with Gasteiger partial charge >= 0.3 is 0 Å². The maximum atomic E-state index is 9.66. The van der Waals surface area contributed by atoms with Crippen LogP contribution in [-0.2, 0) is 6.54 Å². The van der Waals surface area contributed by atoms with Gasteiger partial charge in [0.2, 0.25) is 0 Å².